The number of rotatable bonds is 2. The molecule has 0 bridgehead atoms. The van der Waals surface area contributed by atoms with E-state index < -0.39 is 0 Å². The summed E-state index contributed by atoms with van der Waals surface area (Å²) in [5.74, 6) is -0.333. The molecule has 0 saturated heterocycles. The highest BCUT2D eigenvalue weighted by Crippen LogP contribution is 1.69. The van der Waals surface area contributed by atoms with Crippen molar-refractivity contribution in [1.82, 2.24) is 5.32 Å². The van der Waals surface area contributed by atoms with Crippen LogP contribution in [-0.2, 0) is 4.79 Å². The zero-order valence-corrected chi connectivity index (χ0v) is 6.61. The van der Waals surface area contributed by atoms with Crippen molar-refractivity contribution >= 4 is 23.7 Å². The molecular weight excluding hydrogens is 152 g/mol. The quantitative estimate of drug-likeness (QED) is 0.194. The number of thiol groups is 1. The predicted molar refractivity (Wildman–Crippen MR) is 44.0 cm³/mol. The largest absolute Gasteiger partial charge is 0.370 e. The van der Waals surface area contributed by atoms with Gasteiger partial charge in [-0.2, -0.15) is 0 Å². The highest BCUT2D eigenvalue weighted by Gasteiger charge is 1.83. The van der Waals surface area contributed by atoms with Gasteiger partial charge in [0.1, 0.15) is 0 Å². The van der Waals surface area contributed by atoms with Gasteiger partial charge in [0, 0.05) is 0 Å². The van der Waals surface area contributed by atoms with Crippen molar-refractivity contribution in [3.8, 4) is 0 Å². The van der Waals surface area contributed by atoms with Crippen LogP contribution in [0.5, 0.6) is 0 Å². The summed E-state index contributed by atoms with van der Waals surface area (Å²) >= 11 is 3.48. The molecule has 0 radical (unpaired) electrons. The SMILES string of the molecule is CNCC(=O)S.N=C(N)N. The van der Waals surface area contributed by atoms with Crippen LogP contribution in [-0.4, -0.2) is 24.7 Å². The van der Waals surface area contributed by atoms with Gasteiger partial charge in [-0.25, -0.2) is 0 Å². The monoisotopic (exact) mass is 164 g/mol. The first-order valence-corrected chi connectivity index (χ1v) is 2.91. The first kappa shape index (κ1) is 12.0. The van der Waals surface area contributed by atoms with Crippen LogP contribution < -0.4 is 16.8 Å². The normalized spacial score (nSPS) is 7.40. The number of nitrogens with two attached hydrogens (primary N) is 2. The Bertz CT molecular complexity index is 112. The molecule has 0 rings (SSSR count). The summed E-state index contributed by atoms with van der Waals surface area (Å²) in [6, 6.07) is 0. The first-order valence-electron chi connectivity index (χ1n) is 2.46. The second-order valence-electron chi connectivity index (χ2n) is 1.38. The Hall–Kier alpha value is -0.750. The molecule has 0 spiro atoms. The Morgan fingerprint density at radius 2 is 2.00 bits per heavy atom. The molecule has 0 aromatic carbocycles. The van der Waals surface area contributed by atoms with Crippen molar-refractivity contribution < 1.29 is 4.79 Å². The van der Waals surface area contributed by atoms with Crippen LogP contribution in [0.2, 0.25) is 0 Å². The summed E-state index contributed by atoms with van der Waals surface area (Å²) in [5.41, 5.74) is 8.94. The number of carbonyl (C=O) groups is 1. The van der Waals surface area contributed by atoms with Crippen LogP contribution >= 0.6 is 12.6 Å². The van der Waals surface area contributed by atoms with Crippen molar-refractivity contribution in [3.05, 3.63) is 0 Å². The summed E-state index contributed by atoms with van der Waals surface area (Å²) in [6.45, 7) is 0.350. The maximum absolute atomic E-state index is 9.85. The molecular formula is C4H12N4OS. The number of carbonyl (C=O) groups excluding carboxylic acids is 1. The Balaban J connectivity index is 0. The van der Waals surface area contributed by atoms with Crippen LogP contribution in [0.25, 0.3) is 0 Å². The molecule has 0 aliphatic carbocycles. The Labute approximate surface area is 65.1 Å². The van der Waals surface area contributed by atoms with E-state index in [1.165, 1.54) is 0 Å². The molecule has 0 heterocycles. The third-order valence-corrected chi connectivity index (χ3v) is 0.486. The van der Waals surface area contributed by atoms with Gasteiger partial charge in [-0.15, -0.1) is 12.6 Å². The van der Waals surface area contributed by atoms with Crippen molar-refractivity contribution in [2.45, 2.75) is 0 Å². The summed E-state index contributed by atoms with van der Waals surface area (Å²) in [7, 11) is 1.70. The van der Waals surface area contributed by atoms with Crippen LogP contribution in [0, 0.1) is 5.41 Å². The number of nitrogens with one attached hydrogen (secondary N) is 2. The summed E-state index contributed by atoms with van der Waals surface area (Å²) in [6.07, 6.45) is 0. The molecule has 10 heavy (non-hydrogen) atoms. The molecule has 0 saturated carbocycles. The van der Waals surface area contributed by atoms with Gasteiger partial charge >= 0.3 is 0 Å². The molecule has 5 nitrogen and oxygen atoms in total. The highest BCUT2D eigenvalue weighted by molar-refractivity contribution is 7.96. The molecule has 0 aromatic rings. The molecule has 0 atom stereocenters. The number of hydrogen-bond donors (Lipinski definition) is 5. The standard InChI is InChI=1S/C3H7NOS.CH5N3/c1-4-2-3(5)6;2-1(3)4/h4H,2H2,1H3,(H,5,6);(H5,2,3,4). The van der Waals surface area contributed by atoms with Gasteiger partial charge in [0.25, 0.3) is 0 Å². The summed E-state index contributed by atoms with van der Waals surface area (Å²) in [5, 5.41) is 8.57. The maximum Gasteiger partial charge on any atom is 0.199 e. The molecule has 60 valence electrons. The zero-order chi connectivity index (χ0) is 8.57. The molecule has 0 aliphatic heterocycles. The molecule has 0 amide bonds. The van der Waals surface area contributed by atoms with Gasteiger partial charge in [0.2, 0.25) is 0 Å². The third-order valence-electron chi connectivity index (χ3n) is 0.328. The summed E-state index contributed by atoms with van der Waals surface area (Å²) in [4.78, 5) is 9.85. The van der Waals surface area contributed by atoms with E-state index in [2.05, 4.69) is 29.4 Å². The van der Waals surface area contributed by atoms with Gasteiger partial charge < -0.3 is 16.8 Å². The van der Waals surface area contributed by atoms with Gasteiger partial charge in [-0.3, -0.25) is 10.2 Å². The van der Waals surface area contributed by atoms with Crippen LogP contribution in [0.4, 0.5) is 0 Å². The number of hydrogen-bond acceptors (Lipinski definition) is 3. The lowest BCUT2D eigenvalue weighted by molar-refractivity contribution is -0.110. The maximum atomic E-state index is 9.85. The van der Waals surface area contributed by atoms with E-state index in [0.29, 0.717) is 6.54 Å². The molecule has 0 aromatic heterocycles. The van der Waals surface area contributed by atoms with Crippen molar-refractivity contribution in [1.29, 1.82) is 5.41 Å². The van der Waals surface area contributed by atoms with Crippen molar-refractivity contribution in [3.63, 3.8) is 0 Å². The predicted octanol–water partition coefficient (Wildman–Crippen LogP) is -1.50. The van der Waals surface area contributed by atoms with E-state index in [0.717, 1.165) is 0 Å². The fourth-order valence-electron chi connectivity index (χ4n) is 0.151. The Morgan fingerprint density at radius 3 is 2.00 bits per heavy atom. The smallest absolute Gasteiger partial charge is 0.199 e. The van der Waals surface area contributed by atoms with E-state index in [9.17, 15) is 4.79 Å². The van der Waals surface area contributed by atoms with E-state index in [1.54, 1.807) is 7.05 Å². The van der Waals surface area contributed by atoms with E-state index in [1.807, 2.05) is 0 Å². The Morgan fingerprint density at radius 1 is 1.70 bits per heavy atom. The van der Waals surface area contributed by atoms with Gasteiger partial charge in [0.15, 0.2) is 11.1 Å². The molecule has 6 N–H and O–H groups in total. The lowest BCUT2D eigenvalue weighted by Gasteiger charge is -1.84. The van der Waals surface area contributed by atoms with Crippen LogP contribution in [0.15, 0.2) is 0 Å². The lowest BCUT2D eigenvalue weighted by Crippen LogP contribution is -2.20. The van der Waals surface area contributed by atoms with Gasteiger partial charge in [0.05, 0.1) is 6.54 Å². The first-order chi connectivity index (χ1) is 4.50. The van der Waals surface area contributed by atoms with Crippen LogP contribution in [0.1, 0.15) is 0 Å². The molecule has 0 fully saturated rings. The molecule has 0 aliphatic rings. The minimum absolute atomic E-state index is 0.127. The van der Waals surface area contributed by atoms with E-state index in [-0.39, 0.29) is 11.1 Å². The number of likely N-dealkylation sites (N-methyl/N-ethyl adjacent to an activating group) is 1. The Kier molecular flexibility index (Phi) is 9.88. The average molecular weight is 164 g/mol. The topological polar surface area (TPSA) is 105 Å². The fraction of sp³-hybridized carbons (Fsp3) is 0.500. The van der Waals surface area contributed by atoms with Gasteiger partial charge in [-0.05, 0) is 7.05 Å². The van der Waals surface area contributed by atoms with Crippen molar-refractivity contribution in [2.24, 2.45) is 11.5 Å². The lowest BCUT2D eigenvalue weighted by atomic mass is 10.7. The zero-order valence-electron chi connectivity index (χ0n) is 5.72. The second-order valence-corrected chi connectivity index (χ2v) is 1.88. The molecule has 6 heteroatoms. The molecule has 0 unspecified atom stereocenters. The van der Waals surface area contributed by atoms with Crippen molar-refractivity contribution in [2.75, 3.05) is 13.6 Å². The van der Waals surface area contributed by atoms with E-state index >= 15 is 0 Å². The minimum atomic E-state index is -0.333. The fourth-order valence-corrected chi connectivity index (χ4v) is 0.309. The average Bonchev–Trinajstić information content (AvgIpc) is 1.62. The van der Waals surface area contributed by atoms with Crippen LogP contribution in [0.3, 0.4) is 0 Å². The number of guanidine groups is 1. The highest BCUT2D eigenvalue weighted by atomic mass is 32.1. The third kappa shape index (κ3) is 55.9. The summed E-state index contributed by atoms with van der Waals surface area (Å²) < 4.78 is 0. The minimum Gasteiger partial charge on any atom is -0.370 e. The van der Waals surface area contributed by atoms with E-state index in [4.69, 9.17) is 5.41 Å². The van der Waals surface area contributed by atoms with Gasteiger partial charge in [-0.1, -0.05) is 0 Å². The second kappa shape index (κ2) is 8.25.